The number of aromatic nitrogens is 4. The summed E-state index contributed by atoms with van der Waals surface area (Å²) in [6.45, 7) is 1.40. The van der Waals surface area contributed by atoms with Crippen molar-refractivity contribution in [2.45, 2.75) is 38.5 Å². The Kier molecular flexibility index (Phi) is 7.66. The maximum absolute atomic E-state index is 14.1. The second-order valence-corrected chi connectivity index (χ2v) is 9.61. The van der Waals surface area contributed by atoms with Crippen LogP contribution in [0.5, 0.6) is 5.75 Å². The van der Waals surface area contributed by atoms with Crippen molar-refractivity contribution >= 4 is 22.8 Å². The largest absolute Gasteiger partial charge is 0.497 e. The predicted molar refractivity (Wildman–Crippen MR) is 145 cm³/mol. The summed E-state index contributed by atoms with van der Waals surface area (Å²) in [4.78, 5) is 48.0. The van der Waals surface area contributed by atoms with Crippen LogP contribution in [0.15, 0.2) is 56.9 Å². The molecule has 3 aromatic heterocycles. The van der Waals surface area contributed by atoms with E-state index in [9.17, 15) is 14.4 Å². The van der Waals surface area contributed by atoms with Crippen LogP contribution in [0, 0.1) is 0 Å². The van der Waals surface area contributed by atoms with Gasteiger partial charge < -0.3 is 29.1 Å². The number of nitrogens with two attached hydrogens (primary N) is 1. The Hall–Kier alpha value is -4.16. The highest BCUT2D eigenvalue weighted by Crippen LogP contribution is 2.24. The third-order valence-corrected chi connectivity index (χ3v) is 6.97. The van der Waals surface area contributed by atoms with Gasteiger partial charge in [-0.1, -0.05) is 12.1 Å². The second-order valence-electron chi connectivity index (χ2n) is 9.61. The zero-order chi connectivity index (χ0) is 27.5. The zero-order valence-electron chi connectivity index (χ0n) is 22.0. The molecule has 1 saturated heterocycles. The topological polar surface area (TPSA) is 140 Å². The van der Waals surface area contributed by atoms with Gasteiger partial charge in [-0.15, -0.1) is 0 Å². The number of piperidine rings is 1. The minimum atomic E-state index is -0.500. The summed E-state index contributed by atoms with van der Waals surface area (Å²) in [5, 5.41) is 0. The van der Waals surface area contributed by atoms with Crippen LogP contribution >= 0.6 is 0 Å². The van der Waals surface area contributed by atoms with Crippen molar-refractivity contribution in [3.63, 3.8) is 0 Å². The number of anilines is 1. The number of hydrogen-bond acceptors (Lipinski definition) is 9. The summed E-state index contributed by atoms with van der Waals surface area (Å²) in [7, 11) is 3.02. The van der Waals surface area contributed by atoms with Gasteiger partial charge in [0, 0.05) is 37.4 Å². The molecule has 4 aromatic rings. The van der Waals surface area contributed by atoms with Crippen molar-refractivity contribution in [1.29, 1.82) is 0 Å². The molecule has 0 bridgehead atoms. The normalized spacial score (nSPS) is 15.7. The standard InChI is InChI=1S/C27H32N6O6/c1-37-12-10-32-25(35)23-24(26(36)33(32)16-22(34)19-5-3-7-21(13-19)38-2)31(14-18-8-11-39-17-18)27(29-23)30-9-4-6-20(28)15-30/h3,5,7-8,11,13,17,20H,4,6,9-10,12,14-16,28H2,1-2H3. The maximum Gasteiger partial charge on any atom is 0.293 e. The monoisotopic (exact) mass is 536 g/mol. The lowest BCUT2D eigenvalue weighted by Crippen LogP contribution is -2.44. The molecule has 2 N–H and O–H groups in total. The molecule has 1 aliphatic heterocycles. The Morgan fingerprint density at radius 2 is 2.03 bits per heavy atom. The number of rotatable bonds is 10. The molecule has 1 unspecified atom stereocenters. The van der Waals surface area contributed by atoms with E-state index in [0.29, 0.717) is 30.4 Å². The molecule has 0 radical (unpaired) electrons. The Morgan fingerprint density at radius 1 is 1.18 bits per heavy atom. The van der Waals surface area contributed by atoms with Crippen molar-refractivity contribution in [3.05, 3.63) is 74.7 Å². The highest BCUT2D eigenvalue weighted by Gasteiger charge is 2.28. The highest BCUT2D eigenvalue weighted by molar-refractivity contribution is 5.96. The molecule has 4 heterocycles. The van der Waals surface area contributed by atoms with E-state index < -0.39 is 11.1 Å². The average Bonchev–Trinajstić information content (AvgIpc) is 3.60. The third-order valence-electron chi connectivity index (χ3n) is 6.97. The first-order valence-corrected chi connectivity index (χ1v) is 12.8. The third kappa shape index (κ3) is 5.25. The van der Waals surface area contributed by atoms with E-state index in [1.165, 1.54) is 23.6 Å². The zero-order valence-corrected chi connectivity index (χ0v) is 22.0. The van der Waals surface area contributed by atoms with Crippen LogP contribution in [0.1, 0.15) is 28.8 Å². The number of Topliss-reactive ketones (excluding diaryl/α,β-unsaturated/α-hetero) is 1. The number of fused-ring (bicyclic) bond motifs is 1. The molecule has 1 aliphatic rings. The van der Waals surface area contributed by atoms with E-state index >= 15 is 0 Å². The van der Waals surface area contributed by atoms with E-state index in [1.807, 2.05) is 4.90 Å². The van der Waals surface area contributed by atoms with Crippen LogP contribution in [-0.2, 0) is 24.4 Å². The van der Waals surface area contributed by atoms with Gasteiger partial charge in [-0.3, -0.25) is 14.4 Å². The van der Waals surface area contributed by atoms with Crippen LogP contribution in [0.3, 0.4) is 0 Å². The van der Waals surface area contributed by atoms with Gasteiger partial charge >= 0.3 is 0 Å². The van der Waals surface area contributed by atoms with E-state index in [-0.39, 0.29) is 49.1 Å². The number of imidazole rings is 1. The van der Waals surface area contributed by atoms with Gasteiger partial charge in [0.25, 0.3) is 11.1 Å². The van der Waals surface area contributed by atoms with Gasteiger partial charge in [-0.25, -0.2) is 14.3 Å². The minimum Gasteiger partial charge on any atom is -0.497 e. The van der Waals surface area contributed by atoms with Gasteiger partial charge in [-0.2, -0.15) is 0 Å². The summed E-state index contributed by atoms with van der Waals surface area (Å²) >= 11 is 0. The predicted octanol–water partition coefficient (Wildman–Crippen LogP) is 1.47. The number of furan rings is 1. The van der Waals surface area contributed by atoms with Crippen molar-refractivity contribution in [1.82, 2.24) is 18.9 Å². The fourth-order valence-electron chi connectivity index (χ4n) is 5.00. The van der Waals surface area contributed by atoms with Gasteiger partial charge in [0.1, 0.15) is 17.8 Å². The van der Waals surface area contributed by atoms with Crippen LogP contribution in [-0.4, -0.2) is 64.7 Å². The summed E-state index contributed by atoms with van der Waals surface area (Å²) in [5.41, 5.74) is 6.61. The number of hydrogen-bond donors (Lipinski definition) is 1. The number of carbonyl (C=O) groups excluding carboxylic acids is 1. The molecule has 206 valence electrons. The van der Waals surface area contributed by atoms with Gasteiger partial charge in [0.2, 0.25) is 5.95 Å². The Morgan fingerprint density at radius 3 is 2.74 bits per heavy atom. The van der Waals surface area contributed by atoms with Gasteiger partial charge in [0.05, 0.1) is 39.3 Å². The molecule has 5 rings (SSSR count). The van der Waals surface area contributed by atoms with Gasteiger partial charge in [0.15, 0.2) is 11.3 Å². The van der Waals surface area contributed by atoms with E-state index in [4.69, 9.17) is 24.6 Å². The molecular formula is C27H32N6O6. The lowest BCUT2D eigenvalue weighted by atomic mass is 10.1. The van der Waals surface area contributed by atoms with E-state index in [2.05, 4.69) is 0 Å². The van der Waals surface area contributed by atoms with Crippen LogP contribution in [0.4, 0.5) is 5.95 Å². The number of carbonyl (C=O) groups is 1. The van der Waals surface area contributed by atoms with Gasteiger partial charge in [-0.05, 0) is 31.0 Å². The lowest BCUT2D eigenvalue weighted by molar-refractivity contribution is 0.0952. The molecule has 1 fully saturated rings. The molecule has 1 aromatic carbocycles. The summed E-state index contributed by atoms with van der Waals surface area (Å²) in [6.07, 6.45) is 4.89. The molecule has 0 saturated carbocycles. The fourth-order valence-corrected chi connectivity index (χ4v) is 5.00. The Balaban J connectivity index is 1.69. The molecule has 12 heteroatoms. The summed E-state index contributed by atoms with van der Waals surface area (Å²) in [5.74, 6) is 0.665. The minimum absolute atomic E-state index is 0.0406. The maximum atomic E-state index is 14.1. The van der Waals surface area contributed by atoms with Crippen molar-refractivity contribution in [3.8, 4) is 5.75 Å². The first-order valence-electron chi connectivity index (χ1n) is 12.8. The first-order chi connectivity index (χ1) is 18.9. The summed E-state index contributed by atoms with van der Waals surface area (Å²) in [6, 6.07) is 8.42. The fraction of sp³-hybridized carbons (Fsp3) is 0.407. The van der Waals surface area contributed by atoms with Crippen LogP contribution in [0.2, 0.25) is 0 Å². The molecule has 1 atom stereocenters. The SMILES string of the molecule is COCCn1c(=O)c2nc(N3CCCC(N)C3)n(Cc3ccoc3)c2c(=O)n1CC(=O)c1cccc(OC)c1. The Labute approximate surface area is 224 Å². The highest BCUT2D eigenvalue weighted by atomic mass is 16.5. The Bertz CT molecular complexity index is 1580. The van der Waals surface area contributed by atoms with Crippen molar-refractivity contribution in [2.24, 2.45) is 5.73 Å². The molecule has 0 aliphatic carbocycles. The summed E-state index contributed by atoms with van der Waals surface area (Å²) < 4.78 is 19.9. The number of benzene rings is 1. The molecule has 0 amide bonds. The lowest BCUT2D eigenvalue weighted by Gasteiger charge is -2.31. The number of nitrogens with zero attached hydrogens (tertiary/aromatic N) is 5. The molecular weight excluding hydrogens is 504 g/mol. The number of ketones is 1. The second kappa shape index (κ2) is 11.3. The van der Waals surface area contributed by atoms with Crippen molar-refractivity contribution < 1.29 is 18.7 Å². The van der Waals surface area contributed by atoms with Crippen molar-refractivity contribution in [2.75, 3.05) is 38.8 Å². The average molecular weight is 537 g/mol. The van der Waals surface area contributed by atoms with E-state index in [0.717, 1.165) is 18.4 Å². The van der Waals surface area contributed by atoms with Crippen LogP contribution in [0.25, 0.3) is 11.0 Å². The van der Waals surface area contributed by atoms with Crippen LogP contribution < -0.4 is 26.5 Å². The number of ether oxygens (including phenoxy) is 2. The molecule has 12 nitrogen and oxygen atoms in total. The number of methoxy groups -OCH3 is 2. The molecule has 39 heavy (non-hydrogen) atoms. The first kappa shape index (κ1) is 26.4. The quantitative estimate of drug-likeness (QED) is 0.298. The molecule has 0 spiro atoms. The smallest absolute Gasteiger partial charge is 0.293 e. The van der Waals surface area contributed by atoms with E-state index in [1.54, 1.807) is 47.4 Å².